The van der Waals surface area contributed by atoms with Crippen molar-refractivity contribution in [3.8, 4) is 0 Å². The number of rotatable bonds is 7. The van der Waals surface area contributed by atoms with Gasteiger partial charge in [0.2, 0.25) is 0 Å². The molecule has 0 aliphatic carbocycles. The summed E-state index contributed by atoms with van der Waals surface area (Å²) in [6, 6.07) is 0.179. The summed E-state index contributed by atoms with van der Waals surface area (Å²) >= 11 is 0. The summed E-state index contributed by atoms with van der Waals surface area (Å²) in [5.74, 6) is 0.615. The fourth-order valence-corrected chi connectivity index (χ4v) is 2.56. The summed E-state index contributed by atoms with van der Waals surface area (Å²) in [5.41, 5.74) is 0. The highest BCUT2D eigenvalue weighted by molar-refractivity contribution is 5.80. The van der Waals surface area contributed by atoms with Crippen molar-refractivity contribution in [1.29, 1.82) is 0 Å². The molecule has 0 aromatic heterocycles. The number of carbonyl (C=O) groups excluding carboxylic acids is 1. The van der Waals surface area contributed by atoms with E-state index in [1.807, 2.05) is 6.92 Å². The van der Waals surface area contributed by atoms with Gasteiger partial charge in [-0.15, -0.1) is 0 Å². The van der Waals surface area contributed by atoms with Crippen LogP contribution in [0.3, 0.4) is 0 Å². The van der Waals surface area contributed by atoms with E-state index in [9.17, 15) is 18.0 Å². The Hall–Kier alpha value is -1.67. The van der Waals surface area contributed by atoms with Gasteiger partial charge >= 0.3 is 12.3 Å². The van der Waals surface area contributed by atoms with Crippen LogP contribution in [0.15, 0.2) is 4.99 Å². The summed E-state index contributed by atoms with van der Waals surface area (Å²) in [7, 11) is 0. The van der Waals surface area contributed by atoms with Gasteiger partial charge in [0, 0.05) is 38.6 Å². The van der Waals surface area contributed by atoms with E-state index in [1.54, 1.807) is 11.8 Å². The Morgan fingerprint density at radius 1 is 1.24 bits per heavy atom. The molecule has 0 aromatic rings. The van der Waals surface area contributed by atoms with Crippen LogP contribution in [0.4, 0.5) is 18.0 Å². The largest absolute Gasteiger partial charge is 0.450 e. The van der Waals surface area contributed by atoms with Gasteiger partial charge in [-0.05, 0) is 39.5 Å². The lowest BCUT2D eigenvalue weighted by Crippen LogP contribution is -2.49. The highest BCUT2D eigenvalue weighted by Crippen LogP contribution is 2.22. The summed E-state index contributed by atoms with van der Waals surface area (Å²) in [4.78, 5) is 17.7. The van der Waals surface area contributed by atoms with Crippen molar-refractivity contribution in [2.24, 2.45) is 4.99 Å². The van der Waals surface area contributed by atoms with E-state index in [1.165, 1.54) is 0 Å². The summed E-state index contributed by atoms with van der Waals surface area (Å²) < 4.78 is 41.3. The van der Waals surface area contributed by atoms with E-state index in [2.05, 4.69) is 15.6 Å². The van der Waals surface area contributed by atoms with E-state index in [-0.39, 0.29) is 18.6 Å². The molecule has 0 aromatic carbocycles. The minimum Gasteiger partial charge on any atom is -0.450 e. The molecule has 2 N–H and O–H groups in total. The Labute approximate surface area is 147 Å². The maximum absolute atomic E-state index is 12.1. The van der Waals surface area contributed by atoms with Crippen molar-refractivity contribution in [2.45, 2.75) is 58.2 Å². The third kappa shape index (κ3) is 9.40. The number of likely N-dealkylation sites (tertiary alicyclic amines) is 1. The van der Waals surface area contributed by atoms with Gasteiger partial charge in [0.05, 0.1) is 6.61 Å². The number of amides is 1. The van der Waals surface area contributed by atoms with Crippen molar-refractivity contribution in [3.63, 3.8) is 0 Å². The molecule has 1 rings (SSSR count). The van der Waals surface area contributed by atoms with Crippen molar-refractivity contribution in [2.75, 3.05) is 32.8 Å². The molecular weight excluding hydrogens is 337 g/mol. The van der Waals surface area contributed by atoms with E-state index < -0.39 is 12.6 Å². The Balaban J connectivity index is 2.35. The summed E-state index contributed by atoms with van der Waals surface area (Å²) in [6.07, 6.45) is -3.11. The van der Waals surface area contributed by atoms with Crippen molar-refractivity contribution in [3.05, 3.63) is 0 Å². The molecule has 0 saturated carbocycles. The minimum atomic E-state index is -4.10. The number of hydrogen-bond acceptors (Lipinski definition) is 3. The Kier molecular flexibility index (Phi) is 9.44. The van der Waals surface area contributed by atoms with Gasteiger partial charge < -0.3 is 20.3 Å². The minimum absolute atomic E-state index is 0.0876. The molecule has 9 heteroatoms. The smallest absolute Gasteiger partial charge is 0.409 e. The van der Waals surface area contributed by atoms with Gasteiger partial charge in [-0.3, -0.25) is 4.99 Å². The first kappa shape index (κ1) is 21.4. The molecule has 1 fully saturated rings. The van der Waals surface area contributed by atoms with Gasteiger partial charge in [-0.1, -0.05) is 0 Å². The highest BCUT2D eigenvalue weighted by atomic mass is 19.4. The summed E-state index contributed by atoms with van der Waals surface area (Å²) in [5, 5.41) is 6.40. The predicted molar refractivity (Wildman–Crippen MR) is 90.6 cm³/mol. The molecule has 0 spiro atoms. The fraction of sp³-hybridized carbons (Fsp3) is 0.875. The zero-order valence-electron chi connectivity index (χ0n) is 15.0. The number of halogens is 3. The molecule has 0 bridgehead atoms. The zero-order valence-corrected chi connectivity index (χ0v) is 15.0. The molecule has 1 saturated heterocycles. The normalized spacial score (nSPS) is 16.7. The molecule has 146 valence electrons. The topological polar surface area (TPSA) is 66.0 Å². The van der Waals surface area contributed by atoms with Crippen LogP contribution in [0.25, 0.3) is 0 Å². The third-order valence-corrected chi connectivity index (χ3v) is 3.84. The SMILES string of the molecule is CCNC(=NCCCCC(F)(F)F)NC1CCN(C(=O)OCC)CC1. The number of alkyl halides is 3. The predicted octanol–water partition coefficient (Wildman–Crippen LogP) is 2.90. The lowest BCUT2D eigenvalue weighted by atomic mass is 10.1. The highest BCUT2D eigenvalue weighted by Gasteiger charge is 2.26. The van der Waals surface area contributed by atoms with Crippen LogP contribution in [0.1, 0.15) is 46.0 Å². The second kappa shape index (κ2) is 11.0. The van der Waals surface area contributed by atoms with Crippen molar-refractivity contribution >= 4 is 12.1 Å². The molecule has 1 heterocycles. The van der Waals surface area contributed by atoms with Gasteiger partial charge in [0.1, 0.15) is 0 Å². The number of guanidine groups is 1. The Bertz CT molecular complexity index is 422. The van der Waals surface area contributed by atoms with Crippen LogP contribution in [0.2, 0.25) is 0 Å². The molecule has 6 nitrogen and oxygen atoms in total. The third-order valence-electron chi connectivity index (χ3n) is 3.84. The van der Waals surface area contributed by atoms with E-state index in [0.29, 0.717) is 45.2 Å². The number of carbonyl (C=O) groups is 1. The molecule has 0 radical (unpaired) electrons. The molecule has 0 atom stereocenters. The number of piperidine rings is 1. The molecule has 25 heavy (non-hydrogen) atoms. The van der Waals surface area contributed by atoms with Gasteiger partial charge in [0.25, 0.3) is 0 Å². The van der Waals surface area contributed by atoms with Crippen LogP contribution in [0, 0.1) is 0 Å². The monoisotopic (exact) mass is 366 g/mol. The van der Waals surface area contributed by atoms with Gasteiger partial charge in [-0.2, -0.15) is 13.2 Å². The molecule has 1 aliphatic heterocycles. The molecule has 1 amide bonds. The number of hydrogen-bond donors (Lipinski definition) is 2. The standard InChI is InChI=1S/C16H29F3N4O2/c1-3-20-14(21-10-6-5-9-16(17,18)19)22-13-7-11-23(12-8-13)15(24)25-4-2/h13H,3-12H2,1-2H3,(H2,20,21,22). The average Bonchev–Trinajstić information content (AvgIpc) is 2.54. The van der Waals surface area contributed by atoms with E-state index in [4.69, 9.17) is 4.74 Å². The second-order valence-electron chi connectivity index (χ2n) is 5.94. The van der Waals surface area contributed by atoms with Gasteiger partial charge in [0.15, 0.2) is 5.96 Å². The Morgan fingerprint density at radius 2 is 1.92 bits per heavy atom. The van der Waals surface area contributed by atoms with Crippen LogP contribution in [-0.4, -0.2) is 62.0 Å². The van der Waals surface area contributed by atoms with E-state index in [0.717, 1.165) is 12.8 Å². The van der Waals surface area contributed by atoms with Crippen LogP contribution < -0.4 is 10.6 Å². The first-order valence-electron chi connectivity index (χ1n) is 8.89. The number of ether oxygens (including phenoxy) is 1. The number of nitrogens with one attached hydrogen (secondary N) is 2. The summed E-state index contributed by atoms with van der Waals surface area (Å²) in [6.45, 7) is 6.33. The number of unbranched alkanes of at least 4 members (excludes halogenated alkanes) is 1. The molecule has 1 aliphatic rings. The first-order valence-corrected chi connectivity index (χ1v) is 8.89. The fourth-order valence-electron chi connectivity index (χ4n) is 2.56. The molecular formula is C16H29F3N4O2. The second-order valence-corrected chi connectivity index (χ2v) is 5.94. The molecule has 0 unspecified atom stereocenters. The maximum atomic E-state index is 12.1. The maximum Gasteiger partial charge on any atom is 0.409 e. The number of nitrogens with zero attached hydrogens (tertiary/aromatic N) is 2. The Morgan fingerprint density at radius 3 is 2.48 bits per heavy atom. The quantitative estimate of drug-likeness (QED) is 0.413. The van der Waals surface area contributed by atoms with Crippen LogP contribution in [-0.2, 0) is 4.74 Å². The number of aliphatic imine (C=N–C) groups is 1. The van der Waals surface area contributed by atoms with Crippen LogP contribution in [0.5, 0.6) is 0 Å². The van der Waals surface area contributed by atoms with E-state index >= 15 is 0 Å². The lowest BCUT2D eigenvalue weighted by molar-refractivity contribution is -0.135. The lowest BCUT2D eigenvalue weighted by Gasteiger charge is -2.32. The first-order chi connectivity index (χ1) is 11.9. The van der Waals surface area contributed by atoms with Crippen molar-refractivity contribution in [1.82, 2.24) is 15.5 Å². The van der Waals surface area contributed by atoms with Gasteiger partial charge in [-0.25, -0.2) is 4.79 Å². The zero-order chi connectivity index (χ0) is 18.7. The van der Waals surface area contributed by atoms with Crippen LogP contribution >= 0.6 is 0 Å². The average molecular weight is 366 g/mol. The van der Waals surface area contributed by atoms with Crippen molar-refractivity contribution < 1.29 is 22.7 Å².